The molecule has 0 aliphatic heterocycles. The summed E-state index contributed by atoms with van der Waals surface area (Å²) in [6, 6.07) is 0. The number of rotatable bonds is 11. The van der Waals surface area contributed by atoms with Gasteiger partial charge in [-0.15, -0.1) is 0 Å². The zero-order chi connectivity index (χ0) is 14.0. The first-order valence-electron chi connectivity index (χ1n) is 8.60. The van der Waals surface area contributed by atoms with Crippen molar-refractivity contribution in [3.63, 3.8) is 0 Å². The topological polar surface area (TPSA) is 0 Å². The van der Waals surface area contributed by atoms with Gasteiger partial charge in [-0.2, -0.15) is 0 Å². The zero-order valence-corrected chi connectivity index (χ0v) is 14.0. The van der Waals surface area contributed by atoms with Crippen LogP contribution in [0, 0.1) is 23.7 Å². The quantitative estimate of drug-likeness (QED) is 0.385. The van der Waals surface area contributed by atoms with Crippen LogP contribution >= 0.6 is 0 Å². The Kier molecular flexibility index (Phi) is 10.9. The molecule has 0 heterocycles. The second-order valence-electron chi connectivity index (χ2n) is 6.51. The average Bonchev–Trinajstić information content (AvgIpc) is 2.36. The molecule has 0 aromatic heterocycles. The van der Waals surface area contributed by atoms with E-state index in [9.17, 15) is 0 Å². The Morgan fingerprint density at radius 3 is 1.67 bits per heavy atom. The molecule has 0 radical (unpaired) electrons. The van der Waals surface area contributed by atoms with Gasteiger partial charge in [-0.25, -0.2) is 0 Å². The summed E-state index contributed by atoms with van der Waals surface area (Å²) in [4.78, 5) is 0. The smallest absolute Gasteiger partial charge is 0.0386 e. The van der Waals surface area contributed by atoms with E-state index in [4.69, 9.17) is 0 Å². The van der Waals surface area contributed by atoms with Crippen LogP contribution in [-0.2, 0) is 0 Å². The first kappa shape index (κ1) is 18.0. The molecule has 110 valence electrons. The van der Waals surface area contributed by atoms with Crippen molar-refractivity contribution in [2.24, 2.45) is 23.7 Å². The Bertz CT molecular complexity index is 171. The van der Waals surface area contributed by atoms with Crippen LogP contribution in [0.5, 0.6) is 0 Å². The highest BCUT2D eigenvalue weighted by Crippen LogP contribution is 2.34. The molecule has 0 saturated carbocycles. The third-order valence-corrected chi connectivity index (χ3v) is 4.85. The lowest BCUT2D eigenvalue weighted by Gasteiger charge is -2.31. The van der Waals surface area contributed by atoms with Crippen molar-refractivity contribution >= 4 is 0 Å². The molecular weight excluding hydrogens is 216 g/mol. The maximum Gasteiger partial charge on any atom is -0.0386 e. The number of unbranched alkanes of at least 4 members (excludes halogenated alkanes) is 1. The fourth-order valence-corrected chi connectivity index (χ4v) is 3.41. The molecule has 0 rings (SSSR count). The van der Waals surface area contributed by atoms with E-state index in [0.29, 0.717) is 0 Å². The van der Waals surface area contributed by atoms with Gasteiger partial charge in [-0.3, -0.25) is 0 Å². The highest BCUT2D eigenvalue weighted by Gasteiger charge is 2.23. The van der Waals surface area contributed by atoms with Gasteiger partial charge < -0.3 is 0 Å². The second-order valence-corrected chi connectivity index (χ2v) is 6.51. The van der Waals surface area contributed by atoms with Crippen LogP contribution < -0.4 is 0 Å². The molecule has 0 fully saturated rings. The molecule has 0 aliphatic rings. The summed E-state index contributed by atoms with van der Waals surface area (Å²) in [7, 11) is 0. The third kappa shape index (κ3) is 6.81. The number of hydrogen-bond acceptors (Lipinski definition) is 0. The Labute approximate surface area is 117 Å². The first-order valence-corrected chi connectivity index (χ1v) is 8.60. The molecular formula is C18H38. The van der Waals surface area contributed by atoms with Gasteiger partial charge in [0.1, 0.15) is 0 Å². The molecule has 18 heavy (non-hydrogen) atoms. The summed E-state index contributed by atoms with van der Waals surface area (Å²) in [5.41, 5.74) is 0. The van der Waals surface area contributed by atoms with Crippen molar-refractivity contribution in [1.29, 1.82) is 0 Å². The Hall–Kier alpha value is 0. The van der Waals surface area contributed by atoms with Crippen molar-refractivity contribution in [2.75, 3.05) is 0 Å². The molecule has 3 unspecified atom stereocenters. The third-order valence-electron chi connectivity index (χ3n) is 4.85. The van der Waals surface area contributed by atoms with E-state index in [-0.39, 0.29) is 0 Å². The minimum atomic E-state index is 0.864. The van der Waals surface area contributed by atoms with Crippen molar-refractivity contribution < 1.29 is 0 Å². The summed E-state index contributed by atoms with van der Waals surface area (Å²) < 4.78 is 0. The van der Waals surface area contributed by atoms with Crippen LogP contribution in [0.25, 0.3) is 0 Å². The molecule has 0 nitrogen and oxygen atoms in total. The van der Waals surface area contributed by atoms with Gasteiger partial charge in [0.15, 0.2) is 0 Å². The Morgan fingerprint density at radius 2 is 1.28 bits per heavy atom. The van der Waals surface area contributed by atoms with Gasteiger partial charge in [0.05, 0.1) is 0 Å². The summed E-state index contributed by atoms with van der Waals surface area (Å²) in [5.74, 6) is 3.77. The molecule has 0 amide bonds. The predicted octanol–water partition coefficient (Wildman–Crippen LogP) is 6.69. The molecule has 0 aromatic carbocycles. The van der Waals surface area contributed by atoms with E-state index in [1.807, 2.05) is 0 Å². The molecule has 0 N–H and O–H groups in total. The van der Waals surface area contributed by atoms with Gasteiger partial charge in [0, 0.05) is 0 Å². The minimum Gasteiger partial charge on any atom is -0.0654 e. The summed E-state index contributed by atoms with van der Waals surface area (Å²) in [6.07, 6.45) is 11.3. The minimum absolute atomic E-state index is 0.864. The van der Waals surface area contributed by atoms with Crippen LogP contribution in [0.2, 0.25) is 0 Å². The molecule has 0 heteroatoms. The van der Waals surface area contributed by atoms with Crippen LogP contribution in [0.4, 0.5) is 0 Å². The van der Waals surface area contributed by atoms with E-state index in [0.717, 1.165) is 23.7 Å². The predicted molar refractivity (Wildman–Crippen MR) is 84.9 cm³/mol. The van der Waals surface area contributed by atoms with E-state index in [1.54, 1.807) is 0 Å². The monoisotopic (exact) mass is 254 g/mol. The molecule has 0 aliphatic carbocycles. The maximum atomic E-state index is 2.42. The fraction of sp³-hybridized carbons (Fsp3) is 1.00. The average molecular weight is 255 g/mol. The molecule has 0 bridgehead atoms. The van der Waals surface area contributed by atoms with E-state index in [2.05, 4.69) is 41.5 Å². The normalized spacial score (nSPS) is 16.8. The van der Waals surface area contributed by atoms with Crippen LogP contribution in [0.3, 0.4) is 0 Å². The molecule has 0 saturated heterocycles. The fourth-order valence-electron chi connectivity index (χ4n) is 3.41. The van der Waals surface area contributed by atoms with Gasteiger partial charge in [-0.1, -0.05) is 86.5 Å². The largest absolute Gasteiger partial charge is 0.0654 e. The van der Waals surface area contributed by atoms with Crippen molar-refractivity contribution in [1.82, 2.24) is 0 Å². The summed E-state index contributed by atoms with van der Waals surface area (Å²) >= 11 is 0. The Balaban J connectivity index is 4.42. The number of hydrogen-bond donors (Lipinski definition) is 0. The highest BCUT2D eigenvalue weighted by atomic mass is 14.3. The van der Waals surface area contributed by atoms with Crippen LogP contribution in [-0.4, -0.2) is 0 Å². The van der Waals surface area contributed by atoms with Crippen LogP contribution in [0.15, 0.2) is 0 Å². The summed E-state index contributed by atoms with van der Waals surface area (Å²) in [6.45, 7) is 14.3. The Morgan fingerprint density at radius 1 is 0.667 bits per heavy atom. The van der Waals surface area contributed by atoms with Gasteiger partial charge in [0.2, 0.25) is 0 Å². The van der Waals surface area contributed by atoms with E-state index in [1.165, 1.54) is 51.4 Å². The maximum absolute atomic E-state index is 2.42. The van der Waals surface area contributed by atoms with Crippen molar-refractivity contribution in [3.8, 4) is 0 Å². The standard InChI is InChI=1S/C18H38/c1-7-11-13-16(9-3)17(10-4)14-18(12-8-2)15(5)6/h15-18H,7-14H2,1-6H3. The lowest BCUT2D eigenvalue weighted by atomic mass is 9.75. The second kappa shape index (κ2) is 10.9. The van der Waals surface area contributed by atoms with Gasteiger partial charge in [-0.05, 0) is 30.1 Å². The highest BCUT2D eigenvalue weighted by molar-refractivity contribution is 4.74. The van der Waals surface area contributed by atoms with E-state index >= 15 is 0 Å². The van der Waals surface area contributed by atoms with Crippen LogP contribution in [0.1, 0.15) is 92.9 Å². The van der Waals surface area contributed by atoms with Gasteiger partial charge >= 0.3 is 0 Å². The first-order chi connectivity index (χ1) is 8.60. The SMILES string of the molecule is CCCCC(CC)C(CC)CC(CCC)C(C)C. The summed E-state index contributed by atoms with van der Waals surface area (Å²) in [5, 5.41) is 0. The molecule has 0 aromatic rings. The van der Waals surface area contributed by atoms with Gasteiger partial charge in [0.25, 0.3) is 0 Å². The lowest BCUT2D eigenvalue weighted by Crippen LogP contribution is -2.20. The van der Waals surface area contributed by atoms with E-state index < -0.39 is 0 Å². The molecule has 0 spiro atoms. The zero-order valence-electron chi connectivity index (χ0n) is 14.0. The lowest BCUT2D eigenvalue weighted by molar-refractivity contribution is 0.200. The van der Waals surface area contributed by atoms with Crippen molar-refractivity contribution in [3.05, 3.63) is 0 Å². The van der Waals surface area contributed by atoms with Crippen molar-refractivity contribution in [2.45, 2.75) is 92.9 Å². The molecule has 3 atom stereocenters.